The molecule has 3 N–H and O–H groups in total. The van der Waals surface area contributed by atoms with Gasteiger partial charge in [-0.15, -0.1) is 0 Å². The molecule has 3 nitrogen and oxygen atoms in total. The molecule has 1 aromatic heterocycles. The third kappa shape index (κ3) is 3.72. The van der Waals surface area contributed by atoms with Crippen LogP contribution in [0.15, 0.2) is 36.5 Å². The minimum atomic E-state index is -0.771. The molecule has 0 radical (unpaired) electrons. The molecule has 0 aliphatic rings. The van der Waals surface area contributed by atoms with E-state index >= 15 is 0 Å². The molecule has 0 aliphatic heterocycles. The van der Waals surface area contributed by atoms with Gasteiger partial charge in [0.25, 0.3) is 0 Å². The average Bonchev–Trinajstić information content (AvgIpc) is 2.30. The summed E-state index contributed by atoms with van der Waals surface area (Å²) in [5.74, 6) is -0.946. The quantitative estimate of drug-likeness (QED) is 0.889. The Morgan fingerprint density at radius 3 is 2.47 bits per heavy atom. The highest BCUT2D eigenvalue weighted by atomic mass is 19.1. The van der Waals surface area contributed by atoms with Crippen molar-refractivity contribution in [3.63, 3.8) is 0 Å². The Hall–Kier alpha value is -2.01. The van der Waals surface area contributed by atoms with Gasteiger partial charge >= 0.3 is 0 Å². The Kier molecular flexibility index (Phi) is 4.06. The fraction of sp³-hybridized carbons (Fsp3) is 0.214. The van der Waals surface area contributed by atoms with Crippen molar-refractivity contribution in [3.8, 4) is 0 Å². The van der Waals surface area contributed by atoms with Gasteiger partial charge in [-0.2, -0.15) is 0 Å². The van der Waals surface area contributed by atoms with E-state index in [0.717, 1.165) is 6.07 Å². The van der Waals surface area contributed by atoms with E-state index in [1.54, 1.807) is 18.3 Å². The Morgan fingerprint density at radius 2 is 1.84 bits per heavy atom. The highest BCUT2D eigenvalue weighted by Crippen LogP contribution is 2.14. The van der Waals surface area contributed by atoms with Crippen LogP contribution in [0.5, 0.6) is 0 Å². The first-order valence-electron chi connectivity index (χ1n) is 5.87. The molecule has 100 valence electrons. The molecule has 1 atom stereocenters. The highest BCUT2D eigenvalue weighted by molar-refractivity contribution is 5.38. The minimum Gasteiger partial charge on any atom is -0.392 e. The van der Waals surface area contributed by atoms with Crippen LogP contribution in [0.1, 0.15) is 11.1 Å². The van der Waals surface area contributed by atoms with Gasteiger partial charge in [-0.3, -0.25) is 0 Å². The standard InChI is InChI=1S/C14H14F2N2O/c15-11-4-9(5-12(16)8-11)6-13(19)7-10-2-1-3-18-14(10)17/h1-5,8,13,19H,6-7H2,(H2,17,18). The number of aliphatic hydroxyl groups excluding tert-OH is 1. The summed E-state index contributed by atoms with van der Waals surface area (Å²) >= 11 is 0. The number of rotatable bonds is 4. The highest BCUT2D eigenvalue weighted by Gasteiger charge is 2.11. The maximum absolute atomic E-state index is 13.0. The number of aromatic nitrogens is 1. The van der Waals surface area contributed by atoms with Crippen molar-refractivity contribution in [1.29, 1.82) is 0 Å². The van der Waals surface area contributed by atoms with E-state index in [4.69, 9.17) is 5.73 Å². The Labute approximate surface area is 109 Å². The Balaban J connectivity index is 2.05. The van der Waals surface area contributed by atoms with Crippen LogP contribution in [0.4, 0.5) is 14.6 Å². The SMILES string of the molecule is Nc1ncccc1CC(O)Cc1cc(F)cc(F)c1. The smallest absolute Gasteiger partial charge is 0.126 e. The summed E-state index contributed by atoms with van der Waals surface area (Å²) in [4.78, 5) is 3.91. The molecule has 2 rings (SSSR count). The summed E-state index contributed by atoms with van der Waals surface area (Å²) in [7, 11) is 0. The first kappa shape index (κ1) is 13.4. The number of nitrogen functional groups attached to an aromatic ring is 1. The second-order valence-corrected chi connectivity index (χ2v) is 4.39. The van der Waals surface area contributed by atoms with Crippen LogP contribution in [-0.2, 0) is 12.8 Å². The summed E-state index contributed by atoms with van der Waals surface area (Å²) in [6.45, 7) is 0. The molecule has 5 heteroatoms. The van der Waals surface area contributed by atoms with Crippen LogP contribution in [-0.4, -0.2) is 16.2 Å². The van der Waals surface area contributed by atoms with Crippen LogP contribution in [0.2, 0.25) is 0 Å². The zero-order valence-corrected chi connectivity index (χ0v) is 10.2. The molecular weight excluding hydrogens is 250 g/mol. The second kappa shape index (κ2) is 5.75. The molecule has 2 aromatic rings. The van der Waals surface area contributed by atoms with Crippen molar-refractivity contribution in [1.82, 2.24) is 4.98 Å². The van der Waals surface area contributed by atoms with Gasteiger partial charge in [-0.25, -0.2) is 13.8 Å². The van der Waals surface area contributed by atoms with Crippen molar-refractivity contribution in [2.75, 3.05) is 5.73 Å². The molecule has 1 heterocycles. The van der Waals surface area contributed by atoms with Gasteiger partial charge in [0.05, 0.1) is 6.10 Å². The summed E-state index contributed by atoms with van der Waals surface area (Å²) < 4.78 is 26.0. The number of hydrogen-bond donors (Lipinski definition) is 2. The van der Waals surface area contributed by atoms with Crippen LogP contribution in [0.25, 0.3) is 0 Å². The van der Waals surface area contributed by atoms with Crippen LogP contribution < -0.4 is 5.73 Å². The van der Waals surface area contributed by atoms with E-state index in [-0.39, 0.29) is 12.8 Å². The van der Waals surface area contributed by atoms with Gasteiger partial charge in [0.15, 0.2) is 0 Å². The van der Waals surface area contributed by atoms with E-state index in [2.05, 4.69) is 4.98 Å². The number of nitrogens with two attached hydrogens (primary N) is 1. The normalized spacial score (nSPS) is 12.4. The number of halogens is 2. The number of benzene rings is 1. The molecule has 19 heavy (non-hydrogen) atoms. The van der Waals surface area contributed by atoms with Crippen LogP contribution in [0.3, 0.4) is 0 Å². The topological polar surface area (TPSA) is 59.1 Å². The molecule has 0 bridgehead atoms. The minimum absolute atomic E-state index is 0.156. The third-order valence-electron chi connectivity index (χ3n) is 2.78. The zero-order chi connectivity index (χ0) is 13.8. The lowest BCUT2D eigenvalue weighted by Gasteiger charge is -2.12. The van der Waals surface area contributed by atoms with Gasteiger partial charge in [-0.1, -0.05) is 6.07 Å². The number of aliphatic hydroxyl groups is 1. The lowest BCUT2D eigenvalue weighted by molar-refractivity contribution is 0.175. The fourth-order valence-electron chi connectivity index (χ4n) is 1.95. The van der Waals surface area contributed by atoms with Crippen molar-refractivity contribution in [2.24, 2.45) is 0 Å². The Morgan fingerprint density at radius 1 is 1.16 bits per heavy atom. The molecule has 0 saturated carbocycles. The van der Waals surface area contributed by atoms with Crippen molar-refractivity contribution < 1.29 is 13.9 Å². The molecule has 1 aromatic carbocycles. The van der Waals surface area contributed by atoms with Crippen molar-refractivity contribution >= 4 is 5.82 Å². The maximum Gasteiger partial charge on any atom is 0.126 e. The second-order valence-electron chi connectivity index (χ2n) is 4.39. The first-order chi connectivity index (χ1) is 9.04. The molecule has 0 spiro atoms. The third-order valence-corrected chi connectivity index (χ3v) is 2.78. The number of hydrogen-bond acceptors (Lipinski definition) is 3. The summed E-state index contributed by atoms with van der Waals surface area (Å²) in [5, 5.41) is 9.93. The van der Waals surface area contributed by atoms with Crippen molar-refractivity contribution in [2.45, 2.75) is 18.9 Å². The average molecular weight is 264 g/mol. The van der Waals surface area contributed by atoms with Gasteiger partial charge in [0.1, 0.15) is 17.5 Å². The zero-order valence-electron chi connectivity index (χ0n) is 10.2. The summed E-state index contributed by atoms with van der Waals surface area (Å²) in [6, 6.07) is 6.70. The fourth-order valence-corrected chi connectivity index (χ4v) is 1.95. The number of pyridine rings is 1. The van der Waals surface area contributed by atoms with Gasteiger partial charge in [0.2, 0.25) is 0 Å². The molecule has 0 saturated heterocycles. The van der Waals surface area contributed by atoms with E-state index in [1.165, 1.54) is 12.1 Å². The summed E-state index contributed by atoms with van der Waals surface area (Å²) in [6.07, 6.45) is 1.24. The van der Waals surface area contributed by atoms with Crippen LogP contribution >= 0.6 is 0 Å². The maximum atomic E-state index is 13.0. The molecule has 0 fully saturated rings. The molecular formula is C14H14F2N2O. The van der Waals surface area contributed by atoms with Gasteiger partial charge < -0.3 is 10.8 Å². The first-order valence-corrected chi connectivity index (χ1v) is 5.87. The van der Waals surface area contributed by atoms with Crippen LogP contribution in [0, 0.1) is 11.6 Å². The number of anilines is 1. The molecule has 1 unspecified atom stereocenters. The van der Waals surface area contributed by atoms with E-state index in [1.807, 2.05) is 0 Å². The van der Waals surface area contributed by atoms with E-state index < -0.39 is 17.7 Å². The van der Waals surface area contributed by atoms with Gasteiger partial charge in [-0.05, 0) is 35.7 Å². The Bertz CT molecular complexity index is 555. The monoisotopic (exact) mass is 264 g/mol. The van der Waals surface area contributed by atoms with Crippen molar-refractivity contribution in [3.05, 3.63) is 59.3 Å². The molecule has 0 aliphatic carbocycles. The lowest BCUT2D eigenvalue weighted by atomic mass is 10.0. The summed E-state index contributed by atoms with van der Waals surface area (Å²) in [5.41, 5.74) is 6.79. The van der Waals surface area contributed by atoms with Gasteiger partial charge in [0, 0.05) is 18.7 Å². The largest absolute Gasteiger partial charge is 0.392 e. The predicted octanol–water partition coefficient (Wildman–Crippen LogP) is 2.09. The predicted molar refractivity (Wildman–Crippen MR) is 68.4 cm³/mol. The number of nitrogens with zero attached hydrogens (tertiary/aromatic N) is 1. The van der Waals surface area contributed by atoms with E-state index in [0.29, 0.717) is 16.9 Å². The lowest BCUT2D eigenvalue weighted by Crippen LogP contribution is -2.15. The van der Waals surface area contributed by atoms with E-state index in [9.17, 15) is 13.9 Å². The molecule has 0 amide bonds.